The average Bonchev–Trinajstić information content (AvgIpc) is 2.71. The number of hydrogen-bond donors (Lipinski definition) is 2. The molecular weight excluding hydrogens is 440 g/mol. The summed E-state index contributed by atoms with van der Waals surface area (Å²) in [4.78, 5) is 13.3. The number of anilines is 5. The predicted octanol–water partition coefficient (Wildman–Crippen LogP) is 4.54. The highest BCUT2D eigenvalue weighted by molar-refractivity contribution is 9.10. The van der Waals surface area contributed by atoms with Crippen LogP contribution < -0.4 is 20.9 Å². The second-order valence-electron chi connectivity index (χ2n) is 6.55. The fourth-order valence-corrected chi connectivity index (χ4v) is 3.71. The van der Waals surface area contributed by atoms with Crippen LogP contribution in [0.4, 0.5) is 28.7 Å². The van der Waals surface area contributed by atoms with Crippen molar-refractivity contribution >= 4 is 56.2 Å². The van der Waals surface area contributed by atoms with Gasteiger partial charge in [0, 0.05) is 47.0 Å². The minimum atomic E-state index is 0.557. The summed E-state index contributed by atoms with van der Waals surface area (Å²) in [7, 11) is 0. The number of benzene rings is 2. The number of aromatic nitrogens is 2. The van der Waals surface area contributed by atoms with Gasteiger partial charge in [-0.2, -0.15) is 0 Å². The van der Waals surface area contributed by atoms with Gasteiger partial charge in [-0.05, 0) is 42.5 Å². The Morgan fingerprint density at radius 1 is 0.964 bits per heavy atom. The van der Waals surface area contributed by atoms with Crippen LogP contribution in [0, 0.1) is 0 Å². The van der Waals surface area contributed by atoms with E-state index in [0.29, 0.717) is 11.5 Å². The van der Waals surface area contributed by atoms with Gasteiger partial charge in [0.15, 0.2) is 11.6 Å². The molecule has 2 heterocycles. The lowest BCUT2D eigenvalue weighted by atomic mass is 10.2. The largest absolute Gasteiger partial charge is 0.393 e. The quantitative estimate of drug-likeness (QED) is 0.597. The summed E-state index contributed by atoms with van der Waals surface area (Å²) < 4.78 is 1.02. The van der Waals surface area contributed by atoms with Crippen molar-refractivity contribution in [2.24, 2.45) is 0 Å². The maximum Gasteiger partial charge on any atom is 0.159 e. The van der Waals surface area contributed by atoms with Crippen molar-refractivity contribution in [2.45, 2.75) is 0 Å². The van der Waals surface area contributed by atoms with Crippen molar-refractivity contribution in [2.75, 3.05) is 47.0 Å². The SMILES string of the molecule is Nc1c(Nc2ccc(Br)cc2)ncnc1N1CCN(c2cccc(Cl)c2)CC1. The van der Waals surface area contributed by atoms with Gasteiger partial charge in [-0.15, -0.1) is 0 Å². The predicted molar refractivity (Wildman–Crippen MR) is 120 cm³/mol. The summed E-state index contributed by atoms with van der Waals surface area (Å²) in [6.07, 6.45) is 1.55. The van der Waals surface area contributed by atoms with Crippen LogP contribution in [0.25, 0.3) is 0 Å². The fraction of sp³-hybridized carbons (Fsp3) is 0.200. The van der Waals surface area contributed by atoms with E-state index < -0.39 is 0 Å². The Hall–Kier alpha value is -2.51. The molecule has 0 bridgehead atoms. The Morgan fingerprint density at radius 3 is 2.39 bits per heavy atom. The number of nitrogens with zero attached hydrogens (tertiary/aromatic N) is 4. The van der Waals surface area contributed by atoms with Crippen molar-refractivity contribution in [3.63, 3.8) is 0 Å². The maximum absolute atomic E-state index is 6.39. The fourth-order valence-electron chi connectivity index (χ4n) is 3.26. The molecule has 1 aliphatic heterocycles. The lowest BCUT2D eigenvalue weighted by Gasteiger charge is -2.37. The van der Waals surface area contributed by atoms with E-state index in [2.05, 4.69) is 47.1 Å². The molecule has 0 spiro atoms. The molecule has 3 N–H and O–H groups in total. The van der Waals surface area contributed by atoms with Crippen molar-refractivity contribution in [3.05, 3.63) is 64.4 Å². The minimum absolute atomic E-state index is 0.557. The summed E-state index contributed by atoms with van der Waals surface area (Å²) in [6.45, 7) is 3.40. The molecule has 0 saturated carbocycles. The number of nitrogen functional groups attached to an aromatic ring is 1. The standard InChI is InChI=1S/C20H20BrClN6/c21-14-4-6-16(7-5-14)26-19-18(23)20(25-13-24-19)28-10-8-27(9-11-28)17-3-1-2-15(22)12-17/h1-7,12-13H,8-11,23H2,(H,24,25,26). The van der Waals surface area contributed by atoms with E-state index in [0.717, 1.165) is 52.9 Å². The zero-order chi connectivity index (χ0) is 19.5. The van der Waals surface area contributed by atoms with E-state index in [-0.39, 0.29) is 0 Å². The van der Waals surface area contributed by atoms with E-state index in [1.807, 2.05) is 42.5 Å². The number of piperazine rings is 1. The first-order valence-corrected chi connectivity index (χ1v) is 10.2. The van der Waals surface area contributed by atoms with E-state index >= 15 is 0 Å². The molecule has 1 aromatic heterocycles. The first-order valence-electron chi connectivity index (χ1n) is 8.99. The topological polar surface area (TPSA) is 70.3 Å². The molecule has 6 nitrogen and oxygen atoms in total. The molecule has 0 aliphatic carbocycles. The molecule has 28 heavy (non-hydrogen) atoms. The van der Waals surface area contributed by atoms with Crippen LogP contribution >= 0.6 is 27.5 Å². The summed E-state index contributed by atoms with van der Waals surface area (Å²) >= 11 is 9.56. The van der Waals surface area contributed by atoms with Crippen LogP contribution in [0.1, 0.15) is 0 Å². The Morgan fingerprint density at radius 2 is 1.68 bits per heavy atom. The van der Waals surface area contributed by atoms with Crippen LogP contribution in [-0.4, -0.2) is 36.1 Å². The smallest absolute Gasteiger partial charge is 0.159 e. The normalized spacial score (nSPS) is 14.2. The van der Waals surface area contributed by atoms with Gasteiger partial charge in [0.05, 0.1) is 0 Å². The molecule has 8 heteroatoms. The Bertz CT molecular complexity index is 957. The Balaban J connectivity index is 1.47. The third-order valence-electron chi connectivity index (χ3n) is 4.72. The second kappa shape index (κ2) is 8.24. The molecule has 2 aromatic carbocycles. The van der Waals surface area contributed by atoms with Gasteiger partial charge in [-0.1, -0.05) is 33.6 Å². The van der Waals surface area contributed by atoms with E-state index in [1.165, 1.54) is 0 Å². The molecule has 144 valence electrons. The van der Waals surface area contributed by atoms with Gasteiger partial charge in [-0.3, -0.25) is 0 Å². The summed E-state index contributed by atoms with van der Waals surface area (Å²) in [6, 6.07) is 15.8. The van der Waals surface area contributed by atoms with Gasteiger partial charge in [0.2, 0.25) is 0 Å². The maximum atomic E-state index is 6.39. The number of hydrogen-bond acceptors (Lipinski definition) is 6. The third-order valence-corrected chi connectivity index (χ3v) is 5.49. The molecule has 1 fully saturated rings. The number of halogens is 2. The molecule has 3 aromatic rings. The summed E-state index contributed by atoms with van der Waals surface area (Å²) in [5.41, 5.74) is 9.01. The van der Waals surface area contributed by atoms with Crippen LogP contribution in [0.15, 0.2) is 59.3 Å². The van der Waals surface area contributed by atoms with Gasteiger partial charge in [0.25, 0.3) is 0 Å². The number of nitrogens with one attached hydrogen (secondary N) is 1. The second-order valence-corrected chi connectivity index (χ2v) is 7.90. The van der Waals surface area contributed by atoms with Gasteiger partial charge >= 0.3 is 0 Å². The van der Waals surface area contributed by atoms with Crippen LogP contribution in [0.2, 0.25) is 5.02 Å². The monoisotopic (exact) mass is 458 g/mol. The minimum Gasteiger partial charge on any atom is -0.393 e. The van der Waals surface area contributed by atoms with Crippen molar-refractivity contribution in [1.82, 2.24) is 9.97 Å². The van der Waals surface area contributed by atoms with E-state index in [4.69, 9.17) is 17.3 Å². The first kappa shape index (κ1) is 18.8. The van der Waals surface area contributed by atoms with Gasteiger partial charge < -0.3 is 20.9 Å². The van der Waals surface area contributed by atoms with Crippen molar-refractivity contribution in [3.8, 4) is 0 Å². The first-order chi connectivity index (χ1) is 13.6. The molecule has 4 rings (SSSR count). The van der Waals surface area contributed by atoms with Crippen LogP contribution in [-0.2, 0) is 0 Å². The zero-order valence-corrected chi connectivity index (χ0v) is 17.5. The molecule has 0 atom stereocenters. The molecule has 0 radical (unpaired) electrons. The van der Waals surface area contributed by atoms with Gasteiger partial charge in [-0.25, -0.2) is 9.97 Å². The molecular formula is C20H20BrClN6. The zero-order valence-electron chi connectivity index (χ0n) is 15.1. The van der Waals surface area contributed by atoms with E-state index in [1.54, 1.807) is 6.33 Å². The molecule has 0 unspecified atom stereocenters. The lowest BCUT2D eigenvalue weighted by molar-refractivity contribution is 0.647. The highest BCUT2D eigenvalue weighted by atomic mass is 79.9. The van der Waals surface area contributed by atoms with Gasteiger partial charge in [0.1, 0.15) is 12.0 Å². The number of nitrogens with two attached hydrogens (primary N) is 1. The van der Waals surface area contributed by atoms with Crippen LogP contribution in [0.3, 0.4) is 0 Å². The van der Waals surface area contributed by atoms with Crippen molar-refractivity contribution < 1.29 is 0 Å². The summed E-state index contributed by atoms with van der Waals surface area (Å²) in [5.74, 6) is 1.38. The molecule has 1 saturated heterocycles. The van der Waals surface area contributed by atoms with Crippen LogP contribution in [0.5, 0.6) is 0 Å². The Kier molecular flexibility index (Phi) is 5.54. The number of rotatable bonds is 4. The highest BCUT2D eigenvalue weighted by Gasteiger charge is 2.21. The van der Waals surface area contributed by atoms with Crippen molar-refractivity contribution in [1.29, 1.82) is 0 Å². The Labute approximate surface area is 177 Å². The third kappa shape index (κ3) is 4.15. The van der Waals surface area contributed by atoms with E-state index in [9.17, 15) is 0 Å². The lowest BCUT2D eigenvalue weighted by Crippen LogP contribution is -2.47. The molecule has 0 amide bonds. The average molecular weight is 460 g/mol. The molecule has 1 aliphatic rings. The summed E-state index contributed by atoms with van der Waals surface area (Å²) in [5, 5.41) is 4.02. The highest BCUT2D eigenvalue weighted by Crippen LogP contribution is 2.30.